The predicted octanol–water partition coefficient (Wildman–Crippen LogP) is 1.48. The predicted molar refractivity (Wildman–Crippen MR) is 77.8 cm³/mol. The SMILES string of the molecule is CC(C)N(CCC(=O)O)C(=O)CNC(=O)c1ccc(Br)o1. The van der Waals surface area contributed by atoms with E-state index in [1.807, 2.05) is 0 Å². The summed E-state index contributed by atoms with van der Waals surface area (Å²) >= 11 is 3.08. The van der Waals surface area contributed by atoms with Gasteiger partial charge in [-0.25, -0.2) is 0 Å². The Hall–Kier alpha value is -1.83. The van der Waals surface area contributed by atoms with Gasteiger partial charge in [-0.05, 0) is 41.9 Å². The molecule has 1 aromatic rings. The molecule has 0 atom stereocenters. The minimum absolute atomic E-state index is 0.0938. The molecule has 0 unspecified atom stereocenters. The zero-order chi connectivity index (χ0) is 16.0. The van der Waals surface area contributed by atoms with Crippen LogP contribution in [0.1, 0.15) is 30.8 Å². The molecule has 2 N–H and O–H groups in total. The first-order chi connectivity index (χ1) is 9.81. The summed E-state index contributed by atoms with van der Waals surface area (Å²) < 4.78 is 5.49. The van der Waals surface area contributed by atoms with Crippen LogP contribution in [0.15, 0.2) is 21.2 Å². The third-order valence-corrected chi connectivity index (χ3v) is 3.13. The molecule has 0 aliphatic carbocycles. The second kappa shape index (κ2) is 7.82. The molecule has 0 spiro atoms. The van der Waals surface area contributed by atoms with Crippen molar-refractivity contribution in [2.75, 3.05) is 13.1 Å². The first-order valence-electron chi connectivity index (χ1n) is 6.36. The Morgan fingerprint density at radius 1 is 1.38 bits per heavy atom. The zero-order valence-electron chi connectivity index (χ0n) is 11.8. The molecule has 0 aliphatic heterocycles. The average Bonchev–Trinajstić information content (AvgIpc) is 2.82. The summed E-state index contributed by atoms with van der Waals surface area (Å²) in [6.07, 6.45) is -0.136. The summed E-state index contributed by atoms with van der Waals surface area (Å²) in [5, 5.41) is 11.1. The number of hydrogen-bond acceptors (Lipinski definition) is 4. The lowest BCUT2D eigenvalue weighted by molar-refractivity contribution is -0.138. The van der Waals surface area contributed by atoms with Crippen molar-refractivity contribution in [2.45, 2.75) is 26.3 Å². The van der Waals surface area contributed by atoms with E-state index >= 15 is 0 Å². The van der Waals surface area contributed by atoms with Crippen molar-refractivity contribution in [3.05, 3.63) is 22.6 Å². The third kappa shape index (κ3) is 5.58. The van der Waals surface area contributed by atoms with Gasteiger partial charge in [0.2, 0.25) is 5.91 Å². The molecule has 1 aromatic heterocycles. The van der Waals surface area contributed by atoms with Crippen LogP contribution in [0.25, 0.3) is 0 Å². The normalized spacial score (nSPS) is 10.5. The van der Waals surface area contributed by atoms with E-state index in [0.717, 1.165) is 0 Å². The zero-order valence-corrected chi connectivity index (χ0v) is 13.3. The molecule has 1 rings (SSSR count). The summed E-state index contributed by atoms with van der Waals surface area (Å²) in [6, 6.07) is 2.91. The lowest BCUT2D eigenvalue weighted by Gasteiger charge is -2.26. The Balaban J connectivity index is 2.53. The summed E-state index contributed by atoms with van der Waals surface area (Å²) in [6.45, 7) is 3.46. The van der Waals surface area contributed by atoms with Gasteiger partial charge >= 0.3 is 5.97 Å². The quantitative estimate of drug-likeness (QED) is 0.766. The lowest BCUT2D eigenvalue weighted by atomic mass is 10.2. The minimum Gasteiger partial charge on any atom is -0.481 e. The molecule has 0 saturated heterocycles. The maximum absolute atomic E-state index is 12.0. The van der Waals surface area contributed by atoms with E-state index in [-0.39, 0.29) is 37.2 Å². The van der Waals surface area contributed by atoms with Crippen molar-refractivity contribution in [2.24, 2.45) is 0 Å². The van der Waals surface area contributed by atoms with E-state index in [4.69, 9.17) is 9.52 Å². The van der Waals surface area contributed by atoms with Crippen molar-refractivity contribution in [1.29, 1.82) is 0 Å². The van der Waals surface area contributed by atoms with Gasteiger partial charge in [-0.2, -0.15) is 0 Å². The number of amides is 2. The third-order valence-electron chi connectivity index (χ3n) is 2.71. The van der Waals surface area contributed by atoms with Gasteiger partial charge in [0.15, 0.2) is 10.4 Å². The average molecular weight is 361 g/mol. The molecule has 0 fully saturated rings. The number of halogens is 1. The number of aliphatic carboxylic acids is 1. The molecule has 1 heterocycles. The highest BCUT2D eigenvalue weighted by Crippen LogP contribution is 2.13. The number of nitrogens with zero attached hydrogens (tertiary/aromatic N) is 1. The summed E-state index contributed by atoms with van der Waals surface area (Å²) in [7, 11) is 0. The highest BCUT2D eigenvalue weighted by Gasteiger charge is 2.19. The number of furan rings is 1. The Kier molecular flexibility index (Phi) is 6.41. The lowest BCUT2D eigenvalue weighted by Crippen LogP contribution is -2.44. The number of nitrogens with one attached hydrogen (secondary N) is 1. The van der Waals surface area contributed by atoms with Crippen LogP contribution < -0.4 is 5.32 Å². The van der Waals surface area contributed by atoms with Crippen molar-refractivity contribution in [3.63, 3.8) is 0 Å². The second-order valence-electron chi connectivity index (χ2n) is 4.61. The van der Waals surface area contributed by atoms with Crippen molar-refractivity contribution in [1.82, 2.24) is 10.2 Å². The summed E-state index contributed by atoms with van der Waals surface area (Å²) in [5.74, 6) is -1.73. The maximum atomic E-state index is 12.0. The van der Waals surface area contributed by atoms with Crippen LogP contribution >= 0.6 is 15.9 Å². The van der Waals surface area contributed by atoms with Gasteiger partial charge < -0.3 is 19.7 Å². The standard InChI is InChI=1S/C13H17BrN2O5/c1-8(2)16(6-5-12(18)19)11(17)7-15-13(20)9-3-4-10(14)21-9/h3-4,8H,5-7H2,1-2H3,(H,15,20)(H,18,19). The summed E-state index contributed by atoms with van der Waals surface area (Å²) in [5.41, 5.74) is 0. The van der Waals surface area contributed by atoms with Gasteiger partial charge in [-0.3, -0.25) is 14.4 Å². The van der Waals surface area contributed by atoms with Crippen molar-refractivity contribution >= 4 is 33.7 Å². The molecule has 7 nitrogen and oxygen atoms in total. The molecule has 2 amide bonds. The molecule has 8 heteroatoms. The monoisotopic (exact) mass is 360 g/mol. The second-order valence-corrected chi connectivity index (χ2v) is 5.39. The van der Waals surface area contributed by atoms with Crippen LogP contribution in [0.2, 0.25) is 0 Å². The highest BCUT2D eigenvalue weighted by atomic mass is 79.9. The van der Waals surface area contributed by atoms with E-state index in [9.17, 15) is 14.4 Å². The van der Waals surface area contributed by atoms with Crippen LogP contribution in [-0.4, -0.2) is 46.9 Å². The van der Waals surface area contributed by atoms with Gasteiger partial charge in [0, 0.05) is 12.6 Å². The van der Waals surface area contributed by atoms with E-state index in [0.29, 0.717) is 4.67 Å². The molecule has 0 aliphatic rings. The molecule has 21 heavy (non-hydrogen) atoms. The largest absolute Gasteiger partial charge is 0.481 e. The van der Waals surface area contributed by atoms with Gasteiger partial charge in [0.05, 0.1) is 13.0 Å². The van der Waals surface area contributed by atoms with E-state index < -0.39 is 11.9 Å². The Bertz CT molecular complexity index is 526. The molecule has 0 saturated carbocycles. The molecule has 0 radical (unpaired) electrons. The van der Waals surface area contributed by atoms with Crippen molar-refractivity contribution < 1.29 is 23.9 Å². The fourth-order valence-corrected chi connectivity index (χ4v) is 1.97. The maximum Gasteiger partial charge on any atom is 0.305 e. The Morgan fingerprint density at radius 2 is 2.05 bits per heavy atom. The number of carbonyl (C=O) groups excluding carboxylic acids is 2. The van der Waals surface area contributed by atoms with Crippen LogP contribution in [0.4, 0.5) is 0 Å². The van der Waals surface area contributed by atoms with E-state index in [2.05, 4.69) is 21.2 Å². The van der Waals surface area contributed by atoms with Crippen LogP contribution in [0.3, 0.4) is 0 Å². The number of carboxylic acid groups (broad SMARTS) is 1. The van der Waals surface area contributed by atoms with E-state index in [1.165, 1.54) is 11.0 Å². The van der Waals surface area contributed by atoms with Crippen LogP contribution in [0, 0.1) is 0 Å². The topological polar surface area (TPSA) is 99.9 Å². The van der Waals surface area contributed by atoms with Gasteiger partial charge in [-0.1, -0.05) is 0 Å². The Labute approximate surface area is 130 Å². The number of rotatable bonds is 7. The molecule has 0 bridgehead atoms. The molecular formula is C13H17BrN2O5. The van der Waals surface area contributed by atoms with E-state index in [1.54, 1.807) is 19.9 Å². The van der Waals surface area contributed by atoms with Crippen LogP contribution in [-0.2, 0) is 9.59 Å². The first-order valence-corrected chi connectivity index (χ1v) is 7.15. The van der Waals surface area contributed by atoms with Crippen molar-refractivity contribution in [3.8, 4) is 0 Å². The first kappa shape index (κ1) is 17.2. The fraction of sp³-hybridized carbons (Fsp3) is 0.462. The Morgan fingerprint density at radius 3 is 2.52 bits per heavy atom. The smallest absolute Gasteiger partial charge is 0.305 e. The fourth-order valence-electron chi connectivity index (χ4n) is 1.67. The summed E-state index contributed by atoms with van der Waals surface area (Å²) in [4.78, 5) is 35.7. The molecule has 0 aromatic carbocycles. The van der Waals surface area contributed by atoms with Gasteiger partial charge in [0.1, 0.15) is 0 Å². The van der Waals surface area contributed by atoms with Crippen LogP contribution in [0.5, 0.6) is 0 Å². The highest BCUT2D eigenvalue weighted by molar-refractivity contribution is 9.10. The molecular weight excluding hydrogens is 344 g/mol. The number of carboxylic acids is 1. The number of carbonyl (C=O) groups is 3. The van der Waals surface area contributed by atoms with Gasteiger partial charge in [-0.15, -0.1) is 0 Å². The van der Waals surface area contributed by atoms with Gasteiger partial charge in [0.25, 0.3) is 5.91 Å². The molecule has 116 valence electrons. The minimum atomic E-state index is -0.974. The number of hydrogen-bond donors (Lipinski definition) is 2.